The first-order chi connectivity index (χ1) is 15.1. The van der Waals surface area contributed by atoms with Gasteiger partial charge in [0.2, 0.25) is 0 Å². The van der Waals surface area contributed by atoms with E-state index >= 15 is 0 Å². The van der Waals surface area contributed by atoms with Gasteiger partial charge in [-0.2, -0.15) is 9.78 Å². The number of hydrogen-bond donors (Lipinski definition) is 0. The van der Waals surface area contributed by atoms with Crippen molar-refractivity contribution in [3.05, 3.63) is 118 Å². The molecule has 31 heavy (non-hydrogen) atoms. The molecule has 0 radical (unpaired) electrons. The standard InChI is InChI=1S/C24H19FN4O2/c25-18-8-10-19(11-9-18)29-22(30)13-12-20(26-29)24(31)28-16-15-27-14-4-7-21(27)23(28)17-5-2-1-3-6-17/h1-14,23H,15-16H2. The maximum Gasteiger partial charge on any atom is 0.275 e. The van der Waals surface area contributed by atoms with Gasteiger partial charge in [0.25, 0.3) is 11.5 Å². The molecule has 7 heteroatoms. The Kier molecular flexibility index (Phi) is 4.71. The van der Waals surface area contributed by atoms with Crippen molar-refractivity contribution in [2.75, 3.05) is 6.54 Å². The Labute approximate surface area is 177 Å². The van der Waals surface area contributed by atoms with Gasteiger partial charge in [-0.1, -0.05) is 30.3 Å². The molecule has 0 saturated carbocycles. The van der Waals surface area contributed by atoms with Crippen molar-refractivity contribution in [1.29, 1.82) is 0 Å². The molecule has 1 aliphatic rings. The zero-order valence-electron chi connectivity index (χ0n) is 16.6. The molecule has 0 fully saturated rings. The van der Waals surface area contributed by atoms with Gasteiger partial charge in [0.15, 0.2) is 0 Å². The number of hydrogen-bond acceptors (Lipinski definition) is 3. The van der Waals surface area contributed by atoms with Crippen LogP contribution in [-0.4, -0.2) is 31.7 Å². The molecule has 0 N–H and O–H groups in total. The Hall–Kier alpha value is -4.00. The Balaban J connectivity index is 1.56. The summed E-state index contributed by atoms with van der Waals surface area (Å²) in [4.78, 5) is 27.7. The van der Waals surface area contributed by atoms with Gasteiger partial charge in [0, 0.05) is 31.0 Å². The van der Waals surface area contributed by atoms with Crippen LogP contribution >= 0.6 is 0 Å². The van der Waals surface area contributed by atoms with Crippen molar-refractivity contribution in [1.82, 2.24) is 19.2 Å². The van der Waals surface area contributed by atoms with Crippen molar-refractivity contribution in [3.63, 3.8) is 0 Å². The second kappa shape index (κ2) is 7.68. The van der Waals surface area contributed by atoms with E-state index in [0.717, 1.165) is 15.9 Å². The van der Waals surface area contributed by atoms with E-state index in [1.54, 1.807) is 4.90 Å². The van der Waals surface area contributed by atoms with Gasteiger partial charge >= 0.3 is 0 Å². The van der Waals surface area contributed by atoms with E-state index in [1.807, 2.05) is 48.7 Å². The number of aromatic nitrogens is 3. The summed E-state index contributed by atoms with van der Waals surface area (Å²) in [6, 6.07) is 21.8. The fourth-order valence-electron chi connectivity index (χ4n) is 4.03. The number of benzene rings is 2. The lowest BCUT2D eigenvalue weighted by Gasteiger charge is -2.37. The zero-order valence-corrected chi connectivity index (χ0v) is 16.6. The molecule has 0 spiro atoms. The lowest BCUT2D eigenvalue weighted by molar-refractivity contribution is 0.0656. The van der Waals surface area contributed by atoms with Crippen LogP contribution in [0.4, 0.5) is 4.39 Å². The third-order valence-electron chi connectivity index (χ3n) is 5.51. The Morgan fingerprint density at radius 1 is 0.903 bits per heavy atom. The Morgan fingerprint density at radius 3 is 2.45 bits per heavy atom. The molecule has 1 amide bonds. The van der Waals surface area contributed by atoms with Crippen LogP contribution in [0.3, 0.4) is 0 Å². The van der Waals surface area contributed by atoms with Gasteiger partial charge in [0.1, 0.15) is 11.5 Å². The summed E-state index contributed by atoms with van der Waals surface area (Å²) in [7, 11) is 0. The van der Waals surface area contributed by atoms with E-state index < -0.39 is 11.4 Å². The predicted octanol–water partition coefficient (Wildman–Crippen LogP) is 3.42. The molecule has 2 aromatic carbocycles. The van der Waals surface area contributed by atoms with Crippen LogP contribution in [0.15, 0.2) is 89.9 Å². The van der Waals surface area contributed by atoms with Gasteiger partial charge in [-0.25, -0.2) is 4.39 Å². The summed E-state index contributed by atoms with van der Waals surface area (Å²) in [5.41, 5.74) is 2.19. The Morgan fingerprint density at radius 2 is 1.68 bits per heavy atom. The quantitative estimate of drug-likeness (QED) is 0.516. The summed E-state index contributed by atoms with van der Waals surface area (Å²) in [6.07, 6.45) is 2.01. The fourth-order valence-corrected chi connectivity index (χ4v) is 4.03. The average Bonchev–Trinajstić information content (AvgIpc) is 3.28. The molecule has 1 atom stereocenters. The number of carbonyl (C=O) groups is 1. The molecule has 2 aromatic heterocycles. The second-order valence-corrected chi connectivity index (χ2v) is 7.38. The number of rotatable bonds is 3. The minimum atomic E-state index is -0.411. The topological polar surface area (TPSA) is 60.1 Å². The highest BCUT2D eigenvalue weighted by atomic mass is 19.1. The highest BCUT2D eigenvalue weighted by Crippen LogP contribution is 2.33. The van der Waals surface area contributed by atoms with Crippen LogP contribution in [0.1, 0.15) is 27.8 Å². The van der Waals surface area contributed by atoms with E-state index in [0.29, 0.717) is 18.8 Å². The van der Waals surface area contributed by atoms with Gasteiger partial charge in [-0.15, -0.1) is 0 Å². The van der Waals surface area contributed by atoms with Crippen molar-refractivity contribution in [3.8, 4) is 5.69 Å². The fraction of sp³-hybridized carbons (Fsp3) is 0.125. The van der Waals surface area contributed by atoms with Gasteiger partial charge in [-0.05, 0) is 48.0 Å². The summed E-state index contributed by atoms with van der Waals surface area (Å²) in [5, 5.41) is 4.30. The molecule has 3 heterocycles. The molecular weight excluding hydrogens is 395 g/mol. The molecule has 1 aliphatic heterocycles. The summed E-state index contributed by atoms with van der Waals surface area (Å²) in [6.45, 7) is 1.19. The minimum Gasteiger partial charge on any atom is -0.348 e. The molecule has 6 nitrogen and oxygen atoms in total. The summed E-state index contributed by atoms with van der Waals surface area (Å²) in [5.74, 6) is -0.678. The monoisotopic (exact) mass is 414 g/mol. The van der Waals surface area contributed by atoms with E-state index in [4.69, 9.17) is 0 Å². The highest BCUT2D eigenvalue weighted by molar-refractivity contribution is 5.92. The Bertz CT molecular complexity index is 1300. The molecule has 4 aromatic rings. The minimum absolute atomic E-state index is 0.157. The smallest absolute Gasteiger partial charge is 0.275 e. The number of amides is 1. The maximum absolute atomic E-state index is 13.5. The molecule has 0 bridgehead atoms. The summed E-state index contributed by atoms with van der Waals surface area (Å²) < 4.78 is 16.6. The lowest BCUT2D eigenvalue weighted by atomic mass is 9.99. The predicted molar refractivity (Wildman–Crippen MR) is 114 cm³/mol. The largest absolute Gasteiger partial charge is 0.348 e. The number of carbonyl (C=O) groups excluding carboxylic acids is 1. The van der Waals surface area contributed by atoms with Crippen LogP contribution in [0.25, 0.3) is 5.69 Å². The van der Waals surface area contributed by atoms with Crippen molar-refractivity contribution in [2.45, 2.75) is 12.6 Å². The second-order valence-electron chi connectivity index (χ2n) is 7.38. The van der Waals surface area contributed by atoms with E-state index in [9.17, 15) is 14.0 Å². The van der Waals surface area contributed by atoms with Crippen LogP contribution in [0, 0.1) is 5.82 Å². The number of halogens is 1. The zero-order chi connectivity index (χ0) is 21.4. The third-order valence-corrected chi connectivity index (χ3v) is 5.51. The SMILES string of the molecule is O=C(c1ccc(=O)n(-c2ccc(F)cc2)n1)N1CCn2cccc2C1c1ccccc1. The van der Waals surface area contributed by atoms with Gasteiger partial charge in [-0.3, -0.25) is 9.59 Å². The van der Waals surface area contributed by atoms with Crippen molar-refractivity contribution >= 4 is 5.91 Å². The van der Waals surface area contributed by atoms with Crippen molar-refractivity contribution < 1.29 is 9.18 Å². The van der Waals surface area contributed by atoms with E-state index in [2.05, 4.69) is 9.67 Å². The summed E-state index contributed by atoms with van der Waals surface area (Å²) >= 11 is 0. The van der Waals surface area contributed by atoms with Crippen molar-refractivity contribution in [2.24, 2.45) is 0 Å². The normalized spacial score (nSPS) is 15.5. The van der Waals surface area contributed by atoms with Crippen LogP contribution in [-0.2, 0) is 6.54 Å². The van der Waals surface area contributed by atoms with Crippen LogP contribution in [0.5, 0.6) is 0 Å². The first kappa shape index (κ1) is 19.0. The highest BCUT2D eigenvalue weighted by Gasteiger charge is 2.33. The average molecular weight is 414 g/mol. The lowest BCUT2D eigenvalue weighted by Crippen LogP contribution is -2.43. The molecular formula is C24H19FN4O2. The molecule has 1 unspecified atom stereocenters. The first-order valence-electron chi connectivity index (χ1n) is 9.99. The van der Waals surface area contributed by atoms with Crippen LogP contribution < -0.4 is 5.56 Å². The maximum atomic E-state index is 13.5. The number of nitrogens with zero attached hydrogens (tertiary/aromatic N) is 4. The van der Waals surface area contributed by atoms with Gasteiger partial charge in [0.05, 0.1) is 11.7 Å². The molecule has 0 saturated heterocycles. The molecule has 154 valence electrons. The van der Waals surface area contributed by atoms with Crippen LogP contribution in [0.2, 0.25) is 0 Å². The van der Waals surface area contributed by atoms with E-state index in [1.165, 1.54) is 36.4 Å². The third kappa shape index (κ3) is 3.44. The van der Waals surface area contributed by atoms with E-state index in [-0.39, 0.29) is 17.6 Å². The number of fused-ring (bicyclic) bond motifs is 1. The molecule has 0 aliphatic carbocycles. The van der Waals surface area contributed by atoms with Gasteiger partial charge < -0.3 is 9.47 Å². The first-order valence-corrected chi connectivity index (χ1v) is 9.99. The molecule has 5 rings (SSSR count).